The van der Waals surface area contributed by atoms with Crippen LogP contribution in [0.1, 0.15) is 36.8 Å². The summed E-state index contributed by atoms with van der Waals surface area (Å²) in [5, 5.41) is 6.22. The van der Waals surface area contributed by atoms with Gasteiger partial charge in [-0.1, -0.05) is 54.6 Å². The number of H-pyrrole nitrogens is 1. The molecule has 0 unspecified atom stereocenters. The van der Waals surface area contributed by atoms with Crippen LogP contribution in [-0.2, 0) is 12.0 Å². The smallest absolute Gasteiger partial charge is 0.316 e. The number of hydrogen-bond donors (Lipinski definition) is 3. The first-order chi connectivity index (χ1) is 15.4. The molecule has 0 aliphatic carbocycles. The minimum Gasteiger partial charge on any atom is -0.497 e. The van der Waals surface area contributed by atoms with Crippen molar-refractivity contribution in [2.24, 2.45) is 0 Å². The lowest BCUT2D eigenvalue weighted by molar-refractivity contribution is 0.225. The van der Waals surface area contributed by atoms with E-state index in [1.807, 2.05) is 92.7 Å². The molecular weight excluding hydrogens is 400 g/mol. The molecule has 32 heavy (non-hydrogen) atoms. The van der Waals surface area contributed by atoms with Crippen LogP contribution in [0.2, 0.25) is 0 Å². The highest BCUT2D eigenvalue weighted by molar-refractivity contribution is 5.77. The predicted octanol–water partition coefficient (Wildman–Crippen LogP) is 5.09. The molecule has 164 valence electrons. The fourth-order valence-electron chi connectivity index (χ4n) is 3.76. The molecule has 0 radical (unpaired) electrons. The van der Waals surface area contributed by atoms with Crippen LogP contribution in [0.5, 0.6) is 5.75 Å². The van der Waals surface area contributed by atoms with Gasteiger partial charge in [-0.15, -0.1) is 0 Å². The van der Waals surface area contributed by atoms with Gasteiger partial charge in [0.25, 0.3) is 0 Å². The van der Waals surface area contributed by atoms with E-state index < -0.39 is 5.54 Å². The Labute approximate surface area is 188 Å². The number of carbonyl (C=O) groups is 1. The topological polar surface area (TPSA) is 79.0 Å². The molecule has 1 aromatic heterocycles. The number of fused-ring (bicyclic) bond motifs is 1. The number of rotatable bonds is 7. The van der Waals surface area contributed by atoms with E-state index in [0.29, 0.717) is 6.42 Å². The number of nitrogens with zero attached hydrogens (tertiary/aromatic N) is 1. The van der Waals surface area contributed by atoms with Gasteiger partial charge in [0.1, 0.15) is 11.6 Å². The van der Waals surface area contributed by atoms with Crippen molar-refractivity contribution in [2.75, 3.05) is 7.11 Å². The molecule has 0 aliphatic heterocycles. The summed E-state index contributed by atoms with van der Waals surface area (Å²) >= 11 is 0. The lowest BCUT2D eigenvalue weighted by Crippen LogP contribution is -2.47. The third-order valence-electron chi connectivity index (χ3n) is 5.56. The number of benzene rings is 3. The number of nitrogens with one attached hydrogen (secondary N) is 3. The van der Waals surface area contributed by atoms with Crippen LogP contribution in [0.3, 0.4) is 0 Å². The Hall–Kier alpha value is -3.80. The number of aromatic amines is 1. The largest absolute Gasteiger partial charge is 0.497 e. The van der Waals surface area contributed by atoms with Crippen molar-refractivity contribution < 1.29 is 9.53 Å². The van der Waals surface area contributed by atoms with Gasteiger partial charge in [-0.2, -0.15) is 0 Å². The number of hydrogen-bond acceptors (Lipinski definition) is 3. The lowest BCUT2D eigenvalue weighted by atomic mass is 9.94. The quantitative estimate of drug-likeness (QED) is 0.384. The molecule has 0 saturated carbocycles. The highest BCUT2D eigenvalue weighted by Crippen LogP contribution is 2.23. The highest BCUT2D eigenvalue weighted by atomic mass is 16.5. The van der Waals surface area contributed by atoms with E-state index in [1.165, 1.54) is 0 Å². The van der Waals surface area contributed by atoms with Crippen LogP contribution in [0.25, 0.3) is 11.0 Å². The molecule has 3 N–H and O–H groups in total. The molecule has 0 bridgehead atoms. The van der Waals surface area contributed by atoms with Crippen LogP contribution in [0, 0.1) is 0 Å². The minimum atomic E-state index is -0.524. The number of para-hydroxylation sites is 2. The van der Waals surface area contributed by atoms with Crippen LogP contribution < -0.4 is 15.4 Å². The van der Waals surface area contributed by atoms with Gasteiger partial charge in [0.15, 0.2) is 0 Å². The first-order valence-electron chi connectivity index (χ1n) is 10.7. The molecule has 0 aliphatic rings. The molecule has 3 aromatic carbocycles. The van der Waals surface area contributed by atoms with Crippen LogP contribution >= 0.6 is 0 Å². The van der Waals surface area contributed by atoms with Crippen molar-refractivity contribution >= 4 is 17.1 Å². The second-order valence-corrected chi connectivity index (χ2v) is 8.33. The summed E-state index contributed by atoms with van der Waals surface area (Å²) in [6.07, 6.45) is 0.586. The first-order valence-corrected chi connectivity index (χ1v) is 10.7. The fourth-order valence-corrected chi connectivity index (χ4v) is 3.76. The van der Waals surface area contributed by atoms with E-state index >= 15 is 0 Å². The fraction of sp³-hybridized carbons (Fsp3) is 0.231. The van der Waals surface area contributed by atoms with E-state index in [4.69, 9.17) is 9.72 Å². The Kier molecular flexibility index (Phi) is 6.12. The molecule has 6 nitrogen and oxygen atoms in total. The summed E-state index contributed by atoms with van der Waals surface area (Å²) < 4.78 is 5.26. The zero-order valence-corrected chi connectivity index (χ0v) is 18.6. The summed E-state index contributed by atoms with van der Waals surface area (Å²) in [6.45, 7) is 3.98. The van der Waals surface area contributed by atoms with Crippen LogP contribution in [0.15, 0.2) is 78.9 Å². The number of urea groups is 1. The monoisotopic (exact) mass is 428 g/mol. The average Bonchev–Trinajstić information content (AvgIpc) is 3.24. The van der Waals surface area contributed by atoms with Crippen molar-refractivity contribution in [1.82, 2.24) is 20.6 Å². The van der Waals surface area contributed by atoms with Gasteiger partial charge >= 0.3 is 6.03 Å². The maximum Gasteiger partial charge on any atom is 0.316 e. The summed E-state index contributed by atoms with van der Waals surface area (Å²) in [4.78, 5) is 21.1. The SMILES string of the molecule is COc1ccc(C[C@@H](NC(=O)NC(C)(C)c2ccccc2)c2nc3ccccc3[nH]2)cc1. The molecule has 6 heteroatoms. The molecule has 4 aromatic rings. The lowest BCUT2D eigenvalue weighted by Gasteiger charge is -2.28. The van der Waals surface area contributed by atoms with E-state index in [0.717, 1.165) is 33.7 Å². The zero-order valence-electron chi connectivity index (χ0n) is 18.6. The number of aromatic nitrogens is 2. The van der Waals surface area contributed by atoms with Crippen molar-refractivity contribution in [3.8, 4) is 5.75 Å². The minimum absolute atomic E-state index is 0.252. The third kappa shape index (κ3) is 4.91. The van der Waals surface area contributed by atoms with E-state index in [2.05, 4.69) is 15.6 Å². The summed E-state index contributed by atoms with van der Waals surface area (Å²) in [5.41, 5.74) is 3.39. The molecule has 0 saturated heterocycles. The standard InChI is InChI=1S/C26H28N4O2/c1-26(2,19-9-5-4-6-10-19)30-25(31)29-23(17-18-13-15-20(32-3)16-14-18)24-27-21-11-7-8-12-22(21)28-24/h4-16,23H,17H2,1-3H3,(H,27,28)(H2,29,30,31)/t23-/m1/s1. The number of ether oxygens (including phenoxy) is 1. The number of amides is 2. The van der Waals surface area contributed by atoms with Crippen molar-refractivity contribution in [2.45, 2.75) is 31.8 Å². The summed E-state index contributed by atoms with van der Waals surface area (Å²) in [6, 6.07) is 25.0. The Morgan fingerprint density at radius 2 is 1.69 bits per heavy atom. The molecule has 2 amide bonds. The Balaban J connectivity index is 1.57. The molecular formula is C26H28N4O2. The number of carbonyl (C=O) groups excluding carboxylic acids is 1. The van der Waals surface area contributed by atoms with Crippen molar-refractivity contribution in [3.63, 3.8) is 0 Å². The van der Waals surface area contributed by atoms with Crippen molar-refractivity contribution in [1.29, 1.82) is 0 Å². The number of imidazole rings is 1. The third-order valence-corrected chi connectivity index (χ3v) is 5.56. The van der Waals surface area contributed by atoms with Gasteiger partial charge in [0, 0.05) is 0 Å². The maximum atomic E-state index is 13.0. The normalized spacial score (nSPS) is 12.3. The van der Waals surface area contributed by atoms with E-state index in [9.17, 15) is 4.79 Å². The molecule has 0 fully saturated rings. The Morgan fingerprint density at radius 1 is 1.00 bits per heavy atom. The predicted molar refractivity (Wildman–Crippen MR) is 127 cm³/mol. The average molecular weight is 429 g/mol. The van der Waals surface area contributed by atoms with Gasteiger partial charge in [0.2, 0.25) is 0 Å². The van der Waals surface area contributed by atoms with Crippen molar-refractivity contribution in [3.05, 3.63) is 95.8 Å². The van der Waals surface area contributed by atoms with Crippen LogP contribution in [-0.4, -0.2) is 23.1 Å². The van der Waals surface area contributed by atoms with E-state index in [1.54, 1.807) is 7.11 Å². The van der Waals surface area contributed by atoms with Gasteiger partial charge in [-0.3, -0.25) is 0 Å². The highest BCUT2D eigenvalue weighted by Gasteiger charge is 2.25. The summed E-state index contributed by atoms with van der Waals surface area (Å²) in [5.74, 6) is 1.51. The van der Waals surface area contributed by atoms with Gasteiger partial charge in [0.05, 0.1) is 29.7 Å². The van der Waals surface area contributed by atoms with Gasteiger partial charge in [-0.25, -0.2) is 9.78 Å². The molecule has 4 rings (SSSR count). The second-order valence-electron chi connectivity index (χ2n) is 8.33. The Morgan fingerprint density at radius 3 is 2.38 bits per heavy atom. The van der Waals surface area contributed by atoms with Gasteiger partial charge in [-0.05, 0) is 55.7 Å². The molecule has 1 atom stereocenters. The number of methoxy groups -OCH3 is 1. The van der Waals surface area contributed by atoms with Gasteiger partial charge < -0.3 is 20.4 Å². The zero-order chi connectivity index (χ0) is 22.6. The molecule has 1 heterocycles. The Bertz CT molecular complexity index is 1150. The van der Waals surface area contributed by atoms with E-state index in [-0.39, 0.29) is 12.1 Å². The molecule has 0 spiro atoms. The first kappa shape index (κ1) is 21.4. The maximum absolute atomic E-state index is 13.0. The second kappa shape index (κ2) is 9.14. The van der Waals surface area contributed by atoms with Crippen LogP contribution in [0.4, 0.5) is 4.79 Å². The summed E-state index contributed by atoms with van der Waals surface area (Å²) in [7, 11) is 1.65.